The van der Waals surface area contributed by atoms with E-state index in [1.165, 1.54) is 16.0 Å². The highest BCUT2D eigenvalue weighted by Gasteiger charge is 2.58. The Labute approximate surface area is 195 Å². The zero-order valence-electron chi connectivity index (χ0n) is 17.6. The minimum Gasteiger partial charge on any atom is -0.357 e. The van der Waals surface area contributed by atoms with Gasteiger partial charge in [-0.25, -0.2) is 0 Å². The van der Waals surface area contributed by atoms with Gasteiger partial charge in [-0.05, 0) is 44.1 Å². The van der Waals surface area contributed by atoms with Crippen LogP contribution in [0.15, 0.2) is 41.4 Å². The van der Waals surface area contributed by atoms with Crippen molar-refractivity contribution >= 4 is 41.8 Å². The van der Waals surface area contributed by atoms with Crippen LogP contribution in [-0.2, 0) is 16.0 Å². The lowest BCUT2D eigenvalue weighted by molar-refractivity contribution is -0.140. The average molecular weight is 522 g/mol. The number of nitrogens with one attached hydrogen (secondary N) is 2. The average Bonchev–Trinajstić information content (AvgIpc) is 3.37. The van der Waals surface area contributed by atoms with E-state index in [0.29, 0.717) is 19.6 Å². The van der Waals surface area contributed by atoms with Crippen LogP contribution in [0.25, 0.3) is 0 Å². The molecule has 1 aromatic carbocycles. The Morgan fingerprint density at radius 3 is 2.47 bits per heavy atom. The molecular weight excluding hydrogens is 491 g/mol. The number of aryl methyl sites for hydroxylation is 1. The second-order valence-corrected chi connectivity index (χ2v) is 8.25. The maximum Gasteiger partial charge on any atom is 0.233 e. The van der Waals surface area contributed by atoms with Crippen LogP contribution in [0.2, 0.25) is 0 Å². The molecule has 1 heterocycles. The molecule has 30 heavy (non-hydrogen) atoms. The topological polar surface area (TPSA) is 73.8 Å². The van der Waals surface area contributed by atoms with E-state index < -0.39 is 0 Å². The van der Waals surface area contributed by atoms with E-state index in [4.69, 9.17) is 0 Å². The number of aliphatic imine (C=N–C) groups is 1. The lowest BCUT2D eigenvalue weighted by atomic mass is 9.85. The van der Waals surface area contributed by atoms with Crippen molar-refractivity contribution in [3.63, 3.8) is 0 Å². The highest BCUT2D eigenvalue weighted by molar-refractivity contribution is 14.0. The number of hydrogen-bond acceptors (Lipinski definition) is 3. The molecule has 2 fully saturated rings. The summed E-state index contributed by atoms with van der Waals surface area (Å²) in [6.45, 7) is 6.46. The molecule has 6 nitrogen and oxygen atoms in total. The second-order valence-electron chi connectivity index (χ2n) is 8.25. The van der Waals surface area contributed by atoms with E-state index in [2.05, 4.69) is 59.0 Å². The van der Waals surface area contributed by atoms with Crippen LogP contribution in [-0.4, -0.2) is 48.9 Å². The summed E-state index contributed by atoms with van der Waals surface area (Å²) < 4.78 is 0. The lowest BCUT2D eigenvalue weighted by Gasteiger charge is -2.18. The molecule has 4 rings (SSSR count). The Morgan fingerprint density at radius 1 is 1.13 bits per heavy atom. The molecule has 3 aliphatic rings. The summed E-state index contributed by atoms with van der Waals surface area (Å²) in [6.07, 6.45) is 6.10. The van der Waals surface area contributed by atoms with Crippen molar-refractivity contribution in [3.8, 4) is 0 Å². The van der Waals surface area contributed by atoms with E-state index in [1.54, 1.807) is 0 Å². The standard InChI is InChI=1S/C23H30N4O2.HI/c1-3-24-23(25-10-9-16-6-4-5-15(2)13-16)26-11-12-27-21(28)19-17-7-8-18(14-17)20(19)22(27)29;/h4-8,13,17-20H,3,9-12,14H2,1-2H3,(H2,24,25,26);1H. The monoisotopic (exact) mass is 522 g/mol. The number of allylic oxidation sites excluding steroid dienone is 2. The molecule has 0 aromatic heterocycles. The fourth-order valence-corrected chi connectivity index (χ4v) is 4.98. The maximum absolute atomic E-state index is 12.7. The summed E-state index contributed by atoms with van der Waals surface area (Å²) in [5.41, 5.74) is 2.53. The van der Waals surface area contributed by atoms with Crippen LogP contribution < -0.4 is 10.6 Å². The molecule has 2 bridgehead atoms. The van der Waals surface area contributed by atoms with Gasteiger partial charge >= 0.3 is 0 Å². The summed E-state index contributed by atoms with van der Waals surface area (Å²) in [7, 11) is 0. The van der Waals surface area contributed by atoms with Gasteiger partial charge in [0.25, 0.3) is 0 Å². The van der Waals surface area contributed by atoms with Crippen LogP contribution in [0.4, 0.5) is 0 Å². The number of fused-ring (bicyclic) bond motifs is 5. The summed E-state index contributed by atoms with van der Waals surface area (Å²) in [5.74, 6) is 1.04. The second kappa shape index (κ2) is 9.94. The molecule has 0 radical (unpaired) electrons. The van der Waals surface area contributed by atoms with Crippen LogP contribution in [0.3, 0.4) is 0 Å². The van der Waals surface area contributed by atoms with Gasteiger partial charge in [-0.3, -0.25) is 19.5 Å². The number of rotatable bonds is 7. The first-order chi connectivity index (χ1) is 14.1. The highest BCUT2D eigenvalue weighted by Crippen LogP contribution is 2.52. The normalized spacial score (nSPS) is 26.7. The van der Waals surface area contributed by atoms with Crippen LogP contribution in [0, 0.1) is 30.6 Å². The van der Waals surface area contributed by atoms with Crippen molar-refractivity contribution in [1.82, 2.24) is 15.5 Å². The number of guanidine groups is 1. The van der Waals surface area contributed by atoms with Crippen molar-refractivity contribution in [2.24, 2.45) is 28.7 Å². The molecule has 2 N–H and O–H groups in total. The molecule has 0 spiro atoms. The van der Waals surface area contributed by atoms with E-state index >= 15 is 0 Å². The van der Waals surface area contributed by atoms with Crippen LogP contribution >= 0.6 is 24.0 Å². The molecular formula is C23H31IN4O2. The van der Waals surface area contributed by atoms with Crippen molar-refractivity contribution in [2.75, 3.05) is 26.2 Å². The molecule has 1 aromatic rings. The predicted molar refractivity (Wildman–Crippen MR) is 129 cm³/mol. The van der Waals surface area contributed by atoms with Crippen molar-refractivity contribution in [2.45, 2.75) is 26.7 Å². The number of carbonyl (C=O) groups is 2. The first-order valence-electron chi connectivity index (χ1n) is 10.7. The van der Waals surface area contributed by atoms with Gasteiger partial charge in [0.15, 0.2) is 5.96 Å². The third-order valence-electron chi connectivity index (χ3n) is 6.29. The maximum atomic E-state index is 12.7. The number of amides is 2. The molecule has 162 valence electrons. The minimum absolute atomic E-state index is 0. The zero-order valence-corrected chi connectivity index (χ0v) is 20.0. The third-order valence-corrected chi connectivity index (χ3v) is 6.29. The SMILES string of the molecule is CCNC(=NCCc1cccc(C)c1)NCCN1C(=O)C2C3C=CC(C3)C2C1=O.I. The largest absolute Gasteiger partial charge is 0.357 e. The van der Waals surface area contributed by atoms with Gasteiger partial charge in [0.2, 0.25) is 11.8 Å². The Balaban J connectivity index is 0.00000256. The van der Waals surface area contributed by atoms with Crippen molar-refractivity contribution < 1.29 is 9.59 Å². The first kappa shape index (κ1) is 22.8. The number of nitrogens with zero attached hydrogens (tertiary/aromatic N) is 2. The number of imide groups is 1. The highest BCUT2D eigenvalue weighted by atomic mass is 127. The molecule has 2 amide bonds. The van der Waals surface area contributed by atoms with Crippen molar-refractivity contribution in [1.29, 1.82) is 0 Å². The molecule has 4 unspecified atom stereocenters. The lowest BCUT2D eigenvalue weighted by Crippen LogP contribution is -2.43. The van der Waals surface area contributed by atoms with Gasteiger partial charge in [0.1, 0.15) is 0 Å². The summed E-state index contributed by atoms with van der Waals surface area (Å²) in [5, 5.41) is 6.50. The van der Waals surface area contributed by atoms with Gasteiger partial charge in [-0.1, -0.05) is 42.0 Å². The van der Waals surface area contributed by atoms with E-state index in [9.17, 15) is 9.59 Å². The van der Waals surface area contributed by atoms with Gasteiger partial charge in [-0.2, -0.15) is 0 Å². The predicted octanol–water partition coefficient (Wildman–Crippen LogP) is 2.52. The fourth-order valence-electron chi connectivity index (χ4n) is 4.98. The van der Waals surface area contributed by atoms with Crippen LogP contribution in [0.5, 0.6) is 0 Å². The molecule has 1 saturated carbocycles. The summed E-state index contributed by atoms with van der Waals surface area (Å²) in [4.78, 5) is 31.6. The first-order valence-corrected chi connectivity index (χ1v) is 10.7. The summed E-state index contributed by atoms with van der Waals surface area (Å²) in [6, 6.07) is 8.46. The van der Waals surface area contributed by atoms with Gasteiger partial charge in [0, 0.05) is 26.2 Å². The van der Waals surface area contributed by atoms with E-state index in [1.807, 2.05) is 6.92 Å². The molecule has 4 atom stereocenters. The zero-order chi connectivity index (χ0) is 20.4. The molecule has 1 aliphatic heterocycles. The third kappa shape index (κ3) is 4.55. The Morgan fingerprint density at radius 2 is 1.83 bits per heavy atom. The number of benzene rings is 1. The van der Waals surface area contributed by atoms with E-state index in [-0.39, 0.29) is 59.5 Å². The van der Waals surface area contributed by atoms with Gasteiger partial charge < -0.3 is 10.6 Å². The quantitative estimate of drug-likeness (QED) is 0.190. The molecule has 1 saturated heterocycles. The summed E-state index contributed by atoms with van der Waals surface area (Å²) >= 11 is 0. The van der Waals surface area contributed by atoms with Gasteiger partial charge in [-0.15, -0.1) is 24.0 Å². The van der Waals surface area contributed by atoms with E-state index in [0.717, 1.165) is 25.3 Å². The Hall–Kier alpha value is -1.90. The number of hydrogen-bond donors (Lipinski definition) is 2. The van der Waals surface area contributed by atoms with Gasteiger partial charge in [0.05, 0.1) is 11.8 Å². The molecule has 2 aliphatic carbocycles. The Kier molecular flexibility index (Phi) is 7.55. The van der Waals surface area contributed by atoms with Crippen LogP contribution in [0.1, 0.15) is 24.5 Å². The number of carbonyl (C=O) groups excluding carboxylic acids is 2. The Bertz CT molecular complexity index is 823. The number of halogens is 1. The smallest absolute Gasteiger partial charge is 0.233 e. The fraction of sp³-hybridized carbons (Fsp3) is 0.522. The molecule has 7 heteroatoms. The minimum atomic E-state index is -0.117. The van der Waals surface area contributed by atoms with Crippen molar-refractivity contribution in [3.05, 3.63) is 47.5 Å². The number of likely N-dealkylation sites (tertiary alicyclic amines) is 1.